The molecule has 3 unspecified atom stereocenters. The van der Waals surface area contributed by atoms with Gasteiger partial charge in [-0.3, -0.25) is 37.3 Å². The largest absolute Gasteiger partial charge is 0.472 e. The van der Waals surface area contributed by atoms with Gasteiger partial charge in [0.1, 0.15) is 19.3 Å². The molecule has 588 valence electrons. The highest BCUT2D eigenvalue weighted by molar-refractivity contribution is 7.47. The van der Waals surface area contributed by atoms with Gasteiger partial charge in [-0.15, -0.1) is 0 Å². The van der Waals surface area contributed by atoms with E-state index < -0.39 is 97.5 Å². The minimum absolute atomic E-state index is 0.106. The molecule has 0 radical (unpaired) electrons. The molecule has 0 spiro atoms. The van der Waals surface area contributed by atoms with Gasteiger partial charge in [0, 0.05) is 25.7 Å². The fourth-order valence-electron chi connectivity index (χ4n) is 12.3. The maximum absolute atomic E-state index is 13.1. The van der Waals surface area contributed by atoms with E-state index in [-0.39, 0.29) is 25.7 Å². The molecule has 0 heterocycles. The Balaban J connectivity index is 5.21. The Hall–Kier alpha value is -1.94. The third-order valence-electron chi connectivity index (χ3n) is 19.0. The summed E-state index contributed by atoms with van der Waals surface area (Å²) in [5.74, 6) is 0.281. The Bertz CT molecular complexity index is 1920. The van der Waals surface area contributed by atoms with Gasteiger partial charge in [0.15, 0.2) is 12.2 Å². The van der Waals surface area contributed by atoms with Crippen molar-refractivity contribution in [2.45, 2.75) is 433 Å². The van der Waals surface area contributed by atoms with Crippen LogP contribution in [0, 0.1) is 17.8 Å². The summed E-state index contributed by atoms with van der Waals surface area (Å²) < 4.78 is 68.6. The Morgan fingerprint density at radius 3 is 0.768 bits per heavy atom. The van der Waals surface area contributed by atoms with Gasteiger partial charge in [0.25, 0.3) is 0 Å². The molecular weight excluding hydrogens is 1290 g/mol. The Labute approximate surface area is 607 Å². The van der Waals surface area contributed by atoms with Gasteiger partial charge in [-0.1, -0.05) is 363 Å². The Morgan fingerprint density at radius 1 is 0.293 bits per heavy atom. The number of aliphatic hydroxyl groups is 1. The van der Waals surface area contributed by atoms with Crippen molar-refractivity contribution in [3.05, 3.63) is 0 Å². The van der Waals surface area contributed by atoms with Crippen LogP contribution in [0.25, 0.3) is 0 Å². The monoisotopic (exact) mass is 1450 g/mol. The first-order valence-electron chi connectivity index (χ1n) is 41.4. The molecule has 0 amide bonds. The van der Waals surface area contributed by atoms with Crippen LogP contribution in [0.5, 0.6) is 0 Å². The summed E-state index contributed by atoms with van der Waals surface area (Å²) in [7, 11) is -9.92. The molecule has 3 N–H and O–H groups in total. The second-order valence-corrected chi connectivity index (χ2v) is 32.9. The lowest BCUT2D eigenvalue weighted by atomic mass is 9.99. The van der Waals surface area contributed by atoms with Crippen LogP contribution in [-0.2, 0) is 65.4 Å². The molecule has 19 heteroatoms. The Kier molecular flexibility index (Phi) is 69.0. The average molecular weight is 1450 g/mol. The molecule has 0 saturated heterocycles. The topological polar surface area (TPSA) is 237 Å². The molecule has 0 aromatic carbocycles. The molecule has 0 aliphatic carbocycles. The molecule has 0 aliphatic heterocycles. The number of phosphoric acid groups is 2. The van der Waals surface area contributed by atoms with Gasteiger partial charge in [0.2, 0.25) is 0 Å². The van der Waals surface area contributed by atoms with E-state index in [2.05, 4.69) is 48.5 Å². The molecule has 6 atom stereocenters. The van der Waals surface area contributed by atoms with Crippen LogP contribution in [0.1, 0.15) is 414 Å². The highest BCUT2D eigenvalue weighted by Crippen LogP contribution is 2.45. The zero-order valence-electron chi connectivity index (χ0n) is 65.0. The van der Waals surface area contributed by atoms with Crippen LogP contribution in [0.2, 0.25) is 0 Å². The number of ether oxygens (including phenoxy) is 4. The average Bonchev–Trinajstić information content (AvgIpc) is 1.01. The molecule has 0 aromatic heterocycles. The lowest BCUT2D eigenvalue weighted by molar-refractivity contribution is -0.161. The maximum Gasteiger partial charge on any atom is 0.472 e. The fraction of sp³-hybridized carbons (Fsp3) is 0.950. The molecule has 0 fully saturated rings. The van der Waals surface area contributed by atoms with E-state index in [4.69, 9.17) is 37.0 Å². The van der Waals surface area contributed by atoms with E-state index in [1.54, 1.807) is 0 Å². The summed E-state index contributed by atoms with van der Waals surface area (Å²) in [6.45, 7) is 12.0. The predicted molar refractivity (Wildman–Crippen MR) is 405 cm³/mol. The minimum Gasteiger partial charge on any atom is -0.462 e. The number of esters is 4. The lowest BCUT2D eigenvalue weighted by Crippen LogP contribution is -2.30. The van der Waals surface area contributed by atoms with Crippen molar-refractivity contribution in [3.8, 4) is 0 Å². The third-order valence-corrected chi connectivity index (χ3v) is 20.9. The van der Waals surface area contributed by atoms with Crippen molar-refractivity contribution in [2.24, 2.45) is 17.8 Å². The molecule has 99 heavy (non-hydrogen) atoms. The first-order chi connectivity index (χ1) is 47.8. The number of phosphoric ester groups is 2. The summed E-state index contributed by atoms with van der Waals surface area (Å²) in [5, 5.41) is 10.6. The predicted octanol–water partition coefficient (Wildman–Crippen LogP) is 23.7. The van der Waals surface area contributed by atoms with Gasteiger partial charge >= 0.3 is 39.5 Å². The van der Waals surface area contributed by atoms with Crippen molar-refractivity contribution in [2.75, 3.05) is 39.6 Å². The normalized spacial score (nSPS) is 14.3. The lowest BCUT2D eigenvalue weighted by Gasteiger charge is -2.21. The number of aliphatic hydroxyl groups excluding tert-OH is 1. The second kappa shape index (κ2) is 70.4. The zero-order valence-corrected chi connectivity index (χ0v) is 66.8. The molecule has 0 rings (SSSR count). The summed E-state index contributed by atoms with van der Waals surface area (Å²) in [6.07, 6.45) is 58.2. The van der Waals surface area contributed by atoms with E-state index in [9.17, 15) is 43.2 Å². The highest BCUT2D eigenvalue weighted by Gasteiger charge is 2.30. The van der Waals surface area contributed by atoms with Crippen molar-refractivity contribution < 1.29 is 80.2 Å². The number of carbonyl (C=O) groups is 4. The SMILES string of the molecule is CCCCCCCCCCCCC(=O)OC[C@H](COP(=O)(O)OC[C@H](O)COP(=O)(O)OC[C@@H](COC(=O)CCCCCCCCCCCCCC(C)C)OC(=O)CCCCCCCCCCCCCCCCCCCCC(C)CC)OC(=O)CCCCCCCCCCCCC(C)C. The van der Waals surface area contributed by atoms with Gasteiger partial charge in [-0.25, -0.2) is 9.13 Å². The molecule has 0 aromatic rings. The van der Waals surface area contributed by atoms with Gasteiger partial charge in [-0.05, 0) is 43.4 Å². The van der Waals surface area contributed by atoms with Crippen LogP contribution in [0.15, 0.2) is 0 Å². The van der Waals surface area contributed by atoms with Crippen LogP contribution in [0.4, 0.5) is 0 Å². The van der Waals surface area contributed by atoms with Crippen molar-refractivity contribution in [1.29, 1.82) is 0 Å². The standard InChI is InChI=1S/C80H156O17P2/c1-8-10-11-12-13-14-33-40-47-54-61-77(82)90-67-75(97-80(85)64-57-50-43-36-29-28-31-38-45-52-59-72(5)6)69-94-98(86,87)92-65-74(81)66-93-99(88,89)95-70-76(68-91-78(83)62-55-48-41-34-27-23-24-30-37-44-51-58-71(3)4)96-79(84)63-56-49-42-35-26-22-20-18-16-15-17-19-21-25-32-39-46-53-60-73(7)9-2/h71-76,81H,8-70H2,1-7H3,(H,86,87)(H,88,89)/t73?,74-,75+,76+/m0/s1. The van der Waals surface area contributed by atoms with Crippen molar-refractivity contribution in [3.63, 3.8) is 0 Å². The third kappa shape index (κ3) is 72.8. The summed E-state index contributed by atoms with van der Waals surface area (Å²) >= 11 is 0. The Morgan fingerprint density at radius 2 is 0.515 bits per heavy atom. The van der Waals surface area contributed by atoms with E-state index in [1.165, 1.54) is 225 Å². The van der Waals surface area contributed by atoms with Gasteiger partial charge in [-0.2, -0.15) is 0 Å². The molecular formula is C80H156O17P2. The molecule has 0 saturated carbocycles. The number of hydrogen-bond acceptors (Lipinski definition) is 15. The van der Waals surface area contributed by atoms with E-state index in [0.717, 1.165) is 108 Å². The van der Waals surface area contributed by atoms with Crippen LogP contribution in [-0.4, -0.2) is 96.7 Å². The first kappa shape index (κ1) is 97.1. The van der Waals surface area contributed by atoms with Gasteiger partial charge in [0.05, 0.1) is 26.4 Å². The van der Waals surface area contributed by atoms with E-state index >= 15 is 0 Å². The molecule has 0 bridgehead atoms. The number of carbonyl (C=O) groups excluding carboxylic acids is 4. The summed E-state index contributed by atoms with van der Waals surface area (Å²) in [6, 6.07) is 0. The summed E-state index contributed by atoms with van der Waals surface area (Å²) in [4.78, 5) is 72.9. The second-order valence-electron chi connectivity index (χ2n) is 30.0. The fourth-order valence-corrected chi connectivity index (χ4v) is 13.9. The number of rotatable bonds is 78. The quantitative estimate of drug-likeness (QED) is 0.0222. The number of hydrogen-bond donors (Lipinski definition) is 3. The van der Waals surface area contributed by atoms with Crippen LogP contribution >= 0.6 is 15.6 Å². The minimum atomic E-state index is -4.96. The van der Waals surface area contributed by atoms with Crippen LogP contribution < -0.4 is 0 Å². The van der Waals surface area contributed by atoms with Crippen LogP contribution in [0.3, 0.4) is 0 Å². The first-order valence-corrected chi connectivity index (χ1v) is 44.4. The van der Waals surface area contributed by atoms with Crippen molar-refractivity contribution in [1.82, 2.24) is 0 Å². The highest BCUT2D eigenvalue weighted by atomic mass is 31.2. The summed E-state index contributed by atoms with van der Waals surface area (Å²) in [5.41, 5.74) is 0. The maximum atomic E-state index is 13.1. The number of unbranched alkanes of at least 4 members (excludes halogenated alkanes) is 45. The zero-order chi connectivity index (χ0) is 73.0. The van der Waals surface area contributed by atoms with E-state index in [1.807, 2.05) is 0 Å². The van der Waals surface area contributed by atoms with E-state index in [0.29, 0.717) is 25.7 Å². The molecule has 17 nitrogen and oxygen atoms in total. The smallest absolute Gasteiger partial charge is 0.462 e. The van der Waals surface area contributed by atoms with Crippen molar-refractivity contribution >= 4 is 39.5 Å². The molecule has 0 aliphatic rings. The van der Waals surface area contributed by atoms with Gasteiger partial charge < -0.3 is 33.8 Å².